The summed E-state index contributed by atoms with van der Waals surface area (Å²) in [6, 6.07) is 8.83. The number of aromatic nitrogens is 2. The third-order valence-electron chi connectivity index (χ3n) is 6.48. The van der Waals surface area contributed by atoms with E-state index in [1.807, 2.05) is 12.1 Å². The zero-order chi connectivity index (χ0) is 19.1. The molecular formula is C21H26ClN3O2. The Hall–Kier alpha value is -1.69. The number of hydrogen-bond acceptors (Lipinski definition) is 4. The molecule has 1 unspecified atom stereocenters. The van der Waals surface area contributed by atoms with Crippen LogP contribution in [-0.2, 0) is 6.54 Å². The summed E-state index contributed by atoms with van der Waals surface area (Å²) >= 11 is 5.93. The van der Waals surface area contributed by atoms with Gasteiger partial charge in [-0.2, -0.15) is 0 Å². The van der Waals surface area contributed by atoms with Gasteiger partial charge in [-0.05, 0) is 38.4 Å². The summed E-state index contributed by atoms with van der Waals surface area (Å²) in [5.74, 6) is 0. The molecule has 1 spiro atoms. The molecule has 0 radical (unpaired) electrons. The van der Waals surface area contributed by atoms with Crippen LogP contribution in [0.25, 0.3) is 11.3 Å². The van der Waals surface area contributed by atoms with Crippen LogP contribution in [0.1, 0.15) is 32.1 Å². The van der Waals surface area contributed by atoms with Crippen LogP contribution in [0.2, 0.25) is 5.02 Å². The fraction of sp³-hybridized carbons (Fsp3) is 0.524. The van der Waals surface area contributed by atoms with Crippen molar-refractivity contribution < 1.29 is 5.11 Å². The molecule has 2 aromatic rings. The van der Waals surface area contributed by atoms with Gasteiger partial charge in [-0.25, -0.2) is 4.98 Å². The van der Waals surface area contributed by atoms with E-state index in [0.29, 0.717) is 23.7 Å². The lowest BCUT2D eigenvalue weighted by Crippen LogP contribution is -2.60. The first-order valence-electron chi connectivity index (χ1n) is 9.64. The molecule has 1 aliphatic heterocycles. The SMILES string of the molecule is CN1CCC(O)(Cn2cnc(-c3ccc(Cl)cc3)cc2=O)C2(CCCC2)C1. The van der Waals surface area contributed by atoms with Gasteiger partial charge in [0.1, 0.15) is 0 Å². The van der Waals surface area contributed by atoms with Gasteiger partial charge >= 0.3 is 0 Å². The monoisotopic (exact) mass is 387 g/mol. The molecule has 1 aromatic carbocycles. The Morgan fingerprint density at radius 3 is 2.56 bits per heavy atom. The summed E-state index contributed by atoms with van der Waals surface area (Å²) < 4.78 is 1.57. The van der Waals surface area contributed by atoms with Gasteiger partial charge in [0.05, 0.1) is 24.2 Å². The number of piperidine rings is 1. The highest BCUT2D eigenvalue weighted by molar-refractivity contribution is 6.30. The molecule has 4 rings (SSSR count). The number of halogens is 1. The lowest BCUT2D eigenvalue weighted by molar-refractivity contribution is -0.139. The van der Waals surface area contributed by atoms with Crippen LogP contribution in [-0.4, -0.2) is 45.3 Å². The van der Waals surface area contributed by atoms with Crippen molar-refractivity contribution in [3.8, 4) is 11.3 Å². The molecule has 5 nitrogen and oxygen atoms in total. The minimum atomic E-state index is -0.858. The molecular weight excluding hydrogens is 362 g/mol. The average Bonchev–Trinajstić information content (AvgIpc) is 3.11. The lowest BCUT2D eigenvalue weighted by Gasteiger charge is -2.51. The van der Waals surface area contributed by atoms with Crippen LogP contribution < -0.4 is 5.56 Å². The highest BCUT2D eigenvalue weighted by atomic mass is 35.5. The first kappa shape index (κ1) is 18.7. The Balaban J connectivity index is 1.62. The summed E-state index contributed by atoms with van der Waals surface area (Å²) in [7, 11) is 2.12. The molecule has 2 fully saturated rings. The first-order valence-corrected chi connectivity index (χ1v) is 10.0. The van der Waals surface area contributed by atoms with Crippen LogP contribution in [0, 0.1) is 5.41 Å². The average molecular weight is 388 g/mol. The summed E-state index contributed by atoms with van der Waals surface area (Å²) in [6.07, 6.45) is 6.62. The predicted molar refractivity (Wildman–Crippen MR) is 107 cm³/mol. The number of aliphatic hydroxyl groups is 1. The van der Waals surface area contributed by atoms with Crippen molar-refractivity contribution >= 4 is 11.6 Å². The van der Waals surface area contributed by atoms with Crippen molar-refractivity contribution in [3.63, 3.8) is 0 Å². The van der Waals surface area contributed by atoms with Crippen LogP contribution in [0.4, 0.5) is 0 Å². The third-order valence-corrected chi connectivity index (χ3v) is 6.73. The molecule has 6 heteroatoms. The number of hydrogen-bond donors (Lipinski definition) is 1. The van der Waals surface area contributed by atoms with Gasteiger partial charge < -0.3 is 10.0 Å². The quantitative estimate of drug-likeness (QED) is 0.878. The van der Waals surface area contributed by atoms with E-state index < -0.39 is 5.60 Å². The van der Waals surface area contributed by atoms with Gasteiger partial charge in [0.15, 0.2) is 0 Å². The number of nitrogens with zero attached hydrogens (tertiary/aromatic N) is 3. The van der Waals surface area contributed by atoms with Gasteiger partial charge in [-0.1, -0.05) is 36.6 Å². The molecule has 1 saturated carbocycles. The fourth-order valence-corrected chi connectivity index (χ4v) is 5.04. The maximum atomic E-state index is 12.7. The van der Waals surface area contributed by atoms with Gasteiger partial charge in [-0.15, -0.1) is 0 Å². The summed E-state index contributed by atoms with van der Waals surface area (Å²) in [5.41, 5.74) is 0.376. The van der Waals surface area contributed by atoms with E-state index in [1.54, 1.807) is 29.1 Å². The fourth-order valence-electron chi connectivity index (χ4n) is 4.91. The van der Waals surface area contributed by atoms with E-state index in [2.05, 4.69) is 16.9 Å². The Labute approximate surface area is 164 Å². The second-order valence-corrected chi connectivity index (χ2v) is 8.69. The first-order chi connectivity index (χ1) is 12.9. The molecule has 1 atom stereocenters. The Bertz CT molecular complexity index is 874. The maximum Gasteiger partial charge on any atom is 0.253 e. The van der Waals surface area contributed by atoms with Crippen LogP contribution in [0.5, 0.6) is 0 Å². The second-order valence-electron chi connectivity index (χ2n) is 8.25. The van der Waals surface area contributed by atoms with Gasteiger partial charge in [0, 0.05) is 35.2 Å². The van der Waals surface area contributed by atoms with Crippen LogP contribution in [0.3, 0.4) is 0 Å². The highest BCUT2D eigenvalue weighted by Crippen LogP contribution is 2.51. The van der Waals surface area contributed by atoms with Crippen molar-refractivity contribution in [2.75, 3.05) is 20.1 Å². The smallest absolute Gasteiger partial charge is 0.253 e. The molecule has 2 aliphatic rings. The molecule has 27 heavy (non-hydrogen) atoms. The van der Waals surface area contributed by atoms with Gasteiger partial charge in [0.2, 0.25) is 0 Å². The number of rotatable bonds is 3. The number of benzene rings is 1. The van der Waals surface area contributed by atoms with E-state index in [9.17, 15) is 9.90 Å². The van der Waals surface area contributed by atoms with E-state index in [0.717, 1.165) is 44.3 Å². The molecule has 144 valence electrons. The molecule has 1 aliphatic carbocycles. The summed E-state index contributed by atoms with van der Waals surface area (Å²) in [6.45, 7) is 2.06. The van der Waals surface area contributed by atoms with Gasteiger partial charge in [0.25, 0.3) is 5.56 Å². The third kappa shape index (κ3) is 3.44. The largest absolute Gasteiger partial charge is 0.387 e. The zero-order valence-electron chi connectivity index (χ0n) is 15.7. The maximum absolute atomic E-state index is 12.7. The van der Waals surface area contributed by atoms with Crippen molar-refractivity contribution in [2.24, 2.45) is 5.41 Å². The van der Waals surface area contributed by atoms with E-state index in [1.165, 1.54) is 0 Å². The molecule has 1 saturated heterocycles. The van der Waals surface area contributed by atoms with Gasteiger partial charge in [-0.3, -0.25) is 9.36 Å². The number of likely N-dealkylation sites (tertiary alicyclic amines) is 1. The van der Waals surface area contributed by atoms with Crippen LogP contribution >= 0.6 is 11.6 Å². The minimum Gasteiger partial charge on any atom is -0.387 e. The Morgan fingerprint density at radius 2 is 1.89 bits per heavy atom. The van der Waals surface area contributed by atoms with E-state index >= 15 is 0 Å². The van der Waals surface area contributed by atoms with Crippen molar-refractivity contribution in [3.05, 3.63) is 52.0 Å². The highest BCUT2D eigenvalue weighted by Gasteiger charge is 2.54. The van der Waals surface area contributed by atoms with Crippen molar-refractivity contribution in [1.29, 1.82) is 0 Å². The topological polar surface area (TPSA) is 58.4 Å². The molecule has 1 N–H and O–H groups in total. The van der Waals surface area contributed by atoms with Crippen LogP contribution in [0.15, 0.2) is 41.5 Å². The Morgan fingerprint density at radius 1 is 1.19 bits per heavy atom. The predicted octanol–water partition coefficient (Wildman–Crippen LogP) is 3.19. The van der Waals surface area contributed by atoms with Crippen molar-refractivity contribution in [1.82, 2.24) is 14.5 Å². The Kier molecular flexibility index (Phi) is 4.87. The summed E-state index contributed by atoms with van der Waals surface area (Å²) in [4.78, 5) is 19.5. The second kappa shape index (κ2) is 7.04. The molecule has 2 heterocycles. The zero-order valence-corrected chi connectivity index (χ0v) is 16.5. The van der Waals surface area contributed by atoms with E-state index in [4.69, 9.17) is 11.6 Å². The van der Waals surface area contributed by atoms with Crippen molar-refractivity contribution in [2.45, 2.75) is 44.2 Å². The standard InChI is InChI=1S/C21H26ClN3O2/c1-24-11-10-21(27,20(13-24)8-2-3-9-20)14-25-15-23-18(12-19(25)26)16-4-6-17(22)7-5-16/h4-7,12,15,27H,2-3,8-11,13-14H2,1H3. The molecule has 1 aromatic heterocycles. The minimum absolute atomic E-state index is 0.117. The molecule has 0 amide bonds. The lowest BCUT2D eigenvalue weighted by atomic mass is 9.66. The van der Waals surface area contributed by atoms with E-state index in [-0.39, 0.29) is 11.0 Å². The summed E-state index contributed by atoms with van der Waals surface area (Å²) in [5, 5.41) is 12.3. The normalized spacial score (nSPS) is 25.1. The molecule has 0 bridgehead atoms.